The van der Waals surface area contributed by atoms with Crippen molar-refractivity contribution in [3.05, 3.63) is 0 Å². The van der Waals surface area contributed by atoms with E-state index in [0.717, 1.165) is 4.90 Å². The number of nitrogens with zero attached hydrogens (tertiary/aromatic N) is 1. The Kier molecular flexibility index (Phi) is 4.90. The van der Waals surface area contributed by atoms with Gasteiger partial charge in [-0.1, -0.05) is 20.8 Å². The Hall–Kier alpha value is -1.70. The van der Waals surface area contributed by atoms with Gasteiger partial charge in [0.05, 0.1) is 6.10 Å². The minimum absolute atomic E-state index is 0.0542. The molecule has 0 unspecified atom stereocenters. The zero-order valence-corrected chi connectivity index (χ0v) is 14.2. The largest absolute Gasteiger partial charge is 0.480 e. The van der Waals surface area contributed by atoms with Gasteiger partial charge in [0.2, 0.25) is 5.91 Å². The maximum absolute atomic E-state index is 14.0. The van der Waals surface area contributed by atoms with Crippen molar-refractivity contribution in [2.24, 2.45) is 5.41 Å². The zero-order valence-electron chi connectivity index (χ0n) is 14.2. The van der Waals surface area contributed by atoms with Crippen LogP contribution in [0.1, 0.15) is 46.5 Å². The van der Waals surface area contributed by atoms with Crippen LogP contribution in [-0.4, -0.2) is 63.3 Å². The van der Waals surface area contributed by atoms with E-state index in [1.165, 1.54) is 0 Å². The summed E-state index contributed by atoms with van der Waals surface area (Å²) in [5.41, 5.74) is -2.60. The van der Waals surface area contributed by atoms with E-state index in [4.69, 9.17) is 0 Å². The highest BCUT2D eigenvalue weighted by Gasteiger charge is 2.53. The molecular formula is C16H25FN2O5. The third kappa shape index (κ3) is 3.53. The molecule has 2 amide bonds. The lowest BCUT2D eigenvalue weighted by Crippen LogP contribution is -2.58. The Balaban J connectivity index is 2.24. The third-order valence-corrected chi connectivity index (χ3v) is 5.16. The molecule has 2 aliphatic rings. The third-order valence-electron chi connectivity index (χ3n) is 5.16. The van der Waals surface area contributed by atoms with E-state index in [0.29, 0.717) is 6.42 Å². The Morgan fingerprint density at radius 3 is 2.42 bits per heavy atom. The van der Waals surface area contributed by atoms with Crippen molar-refractivity contribution < 1.29 is 29.0 Å². The molecule has 0 spiro atoms. The fourth-order valence-corrected chi connectivity index (χ4v) is 2.85. The lowest BCUT2D eigenvalue weighted by molar-refractivity contribution is -0.151. The first-order valence-electron chi connectivity index (χ1n) is 8.23. The molecule has 2 rings (SSSR count). The lowest BCUT2D eigenvalue weighted by atomic mass is 9.80. The van der Waals surface area contributed by atoms with Crippen molar-refractivity contribution in [1.82, 2.24) is 10.2 Å². The van der Waals surface area contributed by atoms with E-state index in [9.17, 15) is 29.0 Å². The molecule has 24 heavy (non-hydrogen) atoms. The van der Waals surface area contributed by atoms with Crippen LogP contribution >= 0.6 is 0 Å². The molecule has 0 aromatic carbocycles. The van der Waals surface area contributed by atoms with Crippen LogP contribution in [0, 0.1) is 5.41 Å². The van der Waals surface area contributed by atoms with E-state index in [2.05, 4.69) is 5.32 Å². The summed E-state index contributed by atoms with van der Waals surface area (Å²) in [7, 11) is 0. The highest BCUT2D eigenvalue weighted by molar-refractivity contribution is 5.95. The van der Waals surface area contributed by atoms with Crippen molar-refractivity contribution in [2.45, 2.75) is 70.3 Å². The summed E-state index contributed by atoms with van der Waals surface area (Å²) in [6, 6.07) is -2.19. The highest BCUT2D eigenvalue weighted by Crippen LogP contribution is 2.40. The summed E-state index contributed by atoms with van der Waals surface area (Å²) >= 11 is 0. The fourth-order valence-electron chi connectivity index (χ4n) is 2.85. The van der Waals surface area contributed by atoms with Gasteiger partial charge in [-0.05, 0) is 24.7 Å². The molecule has 3 N–H and O–H groups in total. The minimum atomic E-state index is -1.92. The van der Waals surface area contributed by atoms with E-state index < -0.39 is 47.1 Å². The van der Waals surface area contributed by atoms with Crippen LogP contribution in [0.15, 0.2) is 0 Å². The zero-order chi connectivity index (χ0) is 18.3. The first kappa shape index (κ1) is 18.6. The second kappa shape index (κ2) is 6.31. The second-order valence-corrected chi connectivity index (χ2v) is 7.45. The number of carbonyl (C=O) groups is 3. The molecule has 136 valence electrons. The summed E-state index contributed by atoms with van der Waals surface area (Å²) in [5, 5.41) is 21.5. The van der Waals surface area contributed by atoms with Gasteiger partial charge in [-0.15, -0.1) is 0 Å². The van der Waals surface area contributed by atoms with Crippen LogP contribution in [0.25, 0.3) is 0 Å². The van der Waals surface area contributed by atoms with Crippen LogP contribution in [0.2, 0.25) is 0 Å². The predicted molar refractivity (Wildman–Crippen MR) is 82.8 cm³/mol. The molecule has 1 heterocycles. The standard InChI is InChI=1S/C16H25FN2O5/c1-4-15(2,3)11(18-14(24)16(17)5-6-16)12(21)19-8-9(20)7-10(19)13(22)23/h9-11,20H,4-8H2,1-3H3,(H,18,24)(H,22,23)/t9-,10+,11-/m1/s1. The molecule has 1 aliphatic carbocycles. The molecule has 8 heteroatoms. The summed E-state index contributed by atoms with van der Waals surface area (Å²) in [6.07, 6.45) is -0.190. The van der Waals surface area contributed by atoms with Crippen molar-refractivity contribution >= 4 is 17.8 Å². The van der Waals surface area contributed by atoms with Gasteiger partial charge in [0.15, 0.2) is 5.67 Å². The number of likely N-dealkylation sites (tertiary alicyclic amines) is 1. The number of carbonyl (C=O) groups excluding carboxylic acids is 2. The highest BCUT2D eigenvalue weighted by atomic mass is 19.1. The summed E-state index contributed by atoms with van der Waals surface area (Å²) in [6.45, 7) is 5.25. The van der Waals surface area contributed by atoms with Crippen LogP contribution in [0.3, 0.4) is 0 Å². The van der Waals surface area contributed by atoms with Crippen LogP contribution in [0.5, 0.6) is 0 Å². The van der Waals surface area contributed by atoms with Crippen LogP contribution < -0.4 is 5.32 Å². The molecule has 0 bridgehead atoms. The summed E-state index contributed by atoms with van der Waals surface area (Å²) in [4.78, 5) is 37.4. The van der Waals surface area contributed by atoms with Gasteiger partial charge in [-0.3, -0.25) is 9.59 Å². The number of aliphatic carboxylic acids is 1. The number of amides is 2. The average Bonchev–Trinajstić information content (AvgIpc) is 3.13. The molecule has 2 fully saturated rings. The Bertz CT molecular complexity index is 547. The molecule has 3 atom stereocenters. The number of hydrogen-bond acceptors (Lipinski definition) is 4. The molecular weight excluding hydrogens is 319 g/mol. The number of aliphatic hydroxyl groups excluding tert-OH is 1. The van der Waals surface area contributed by atoms with Crippen molar-refractivity contribution in [2.75, 3.05) is 6.54 Å². The molecule has 1 saturated carbocycles. The topological polar surface area (TPSA) is 107 Å². The maximum atomic E-state index is 14.0. The van der Waals surface area contributed by atoms with Gasteiger partial charge < -0.3 is 20.4 Å². The number of β-amino-alcohol motifs (C(OH)–C–C–N with tert-alkyl or cyclic N) is 1. The van der Waals surface area contributed by atoms with Gasteiger partial charge >= 0.3 is 5.97 Å². The minimum Gasteiger partial charge on any atom is -0.480 e. The number of hydrogen-bond donors (Lipinski definition) is 3. The summed E-state index contributed by atoms with van der Waals surface area (Å²) in [5.74, 6) is -2.62. The number of carboxylic acids is 1. The molecule has 7 nitrogen and oxygen atoms in total. The Morgan fingerprint density at radius 2 is 1.96 bits per heavy atom. The second-order valence-electron chi connectivity index (χ2n) is 7.45. The van der Waals surface area contributed by atoms with Crippen LogP contribution in [0.4, 0.5) is 4.39 Å². The first-order valence-corrected chi connectivity index (χ1v) is 8.23. The average molecular weight is 344 g/mol. The van der Waals surface area contributed by atoms with Gasteiger partial charge in [0.25, 0.3) is 5.91 Å². The molecule has 0 aromatic heterocycles. The number of rotatable bonds is 6. The maximum Gasteiger partial charge on any atom is 0.326 e. The first-order chi connectivity index (χ1) is 11.0. The predicted octanol–water partition coefficient (Wildman–Crippen LogP) is 0.456. The van der Waals surface area contributed by atoms with E-state index in [1.807, 2.05) is 6.92 Å². The van der Waals surface area contributed by atoms with E-state index >= 15 is 0 Å². The smallest absolute Gasteiger partial charge is 0.326 e. The normalized spacial score (nSPS) is 26.8. The van der Waals surface area contributed by atoms with Gasteiger partial charge in [0.1, 0.15) is 12.1 Å². The number of carboxylic acid groups (broad SMARTS) is 1. The Labute approximate surface area is 140 Å². The monoisotopic (exact) mass is 344 g/mol. The van der Waals surface area contributed by atoms with Crippen molar-refractivity contribution in [1.29, 1.82) is 0 Å². The number of halogens is 1. The number of nitrogens with one attached hydrogen (secondary N) is 1. The van der Waals surface area contributed by atoms with Gasteiger partial charge in [-0.25, -0.2) is 9.18 Å². The molecule has 1 saturated heterocycles. The number of alkyl halides is 1. The van der Waals surface area contributed by atoms with E-state index in [-0.39, 0.29) is 25.8 Å². The Morgan fingerprint density at radius 1 is 1.38 bits per heavy atom. The quantitative estimate of drug-likeness (QED) is 0.649. The molecule has 0 aromatic rings. The molecule has 1 aliphatic heterocycles. The number of aliphatic hydroxyl groups is 1. The van der Waals surface area contributed by atoms with Crippen LogP contribution in [-0.2, 0) is 14.4 Å². The van der Waals surface area contributed by atoms with E-state index in [1.54, 1.807) is 13.8 Å². The molecule has 0 radical (unpaired) electrons. The van der Waals surface area contributed by atoms with Crippen molar-refractivity contribution in [3.8, 4) is 0 Å². The van der Waals surface area contributed by atoms with Gasteiger partial charge in [0, 0.05) is 13.0 Å². The fraction of sp³-hybridized carbons (Fsp3) is 0.812. The SMILES string of the molecule is CCC(C)(C)[C@H](NC(=O)C1(F)CC1)C(=O)N1C[C@H](O)C[C@H]1C(=O)O. The summed E-state index contributed by atoms with van der Waals surface area (Å²) < 4.78 is 14.0. The van der Waals surface area contributed by atoms with Crippen molar-refractivity contribution in [3.63, 3.8) is 0 Å². The van der Waals surface area contributed by atoms with Gasteiger partial charge in [-0.2, -0.15) is 0 Å². The lowest BCUT2D eigenvalue weighted by Gasteiger charge is -2.37.